The number of nitrogens with two attached hydrogens (primary N) is 1. The van der Waals surface area contributed by atoms with E-state index in [1.54, 1.807) is 27.1 Å². The van der Waals surface area contributed by atoms with E-state index >= 15 is 0 Å². The molecule has 0 saturated carbocycles. The number of hydrogen-bond donors (Lipinski definition) is 2. The number of aryl methyl sites for hydroxylation is 2. The van der Waals surface area contributed by atoms with E-state index in [0.29, 0.717) is 30.2 Å². The molecule has 0 bridgehead atoms. The van der Waals surface area contributed by atoms with Crippen molar-refractivity contribution in [2.24, 2.45) is 12.8 Å². The molecule has 12 heteroatoms. The van der Waals surface area contributed by atoms with Crippen LogP contribution in [0.25, 0.3) is 27.8 Å². The van der Waals surface area contributed by atoms with Crippen LogP contribution in [0.4, 0.5) is 10.1 Å². The second kappa shape index (κ2) is 10.6. The number of methoxy groups -OCH3 is 1. The molecule has 0 spiro atoms. The minimum atomic E-state index is -0.943. The maximum absolute atomic E-state index is 14.8. The number of amides is 2. The first-order valence-electron chi connectivity index (χ1n) is 12.3. The molecule has 0 radical (unpaired) electrons. The van der Waals surface area contributed by atoms with Crippen molar-refractivity contribution in [1.29, 1.82) is 0 Å². The highest BCUT2D eigenvalue weighted by Crippen LogP contribution is 2.31. The normalized spacial score (nSPS) is 11.2. The second-order valence-corrected chi connectivity index (χ2v) is 9.09. The fourth-order valence-corrected chi connectivity index (χ4v) is 4.70. The molecular weight excluding hydrogens is 517 g/mol. The highest BCUT2D eigenvalue weighted by molar-refractivity contribution is 6.11. The molecule has 40 heavy (non-hydrogen) atoms. The summed E-state index contributed by atoms with van der Waals surface area (Å²) in [5, 5.41) is 7.43. The average Bonchev–Trinajstić information content (AvgIpc) is 3.43. The molecule has 2 aromatic carbocycles. The predicted octanol–water partition coefficient (Wildman–Crippen LogP) is 3.03. The Morgan fingerprint density at radius 3 is 2.52 bits per heavy atom. The van der Waals surface area contributed by atoms with Gasteiger partial charge in [-0.25, -0.2) is 23.4 Å². The number of nitrogens with zero attached hydrogens (tertiary/aromatic N) is 5. The molecule has 5 aromatic rings. The average molecular weight is 544 g/mol. The first-order valence-corrected chi connectivity index (χ1v) is 12.3. The Morgan fingerprint density at radius 2 is 1.88 bits per heavy atom. The number of fused-ring (bicyclic) bond motifs is 1. The van der Waals surface area contributed by atoms with Gasteiger partial charge in [0.15, 0.2) is 11.5 Å². The van der Waals surface area contributed by atoms with Crippen molar-refractivity contribution in [3.8, 4) is 16.9 Å². The number of nitrogens with one attached hydrogen (secondary N) is 1. The first-order chi connectivity index (χ1) is 19.2. The summed E-state index contributed by atoms with van der Waals surface area (Å²) in [5.74, 6) is -1.96. The van der Waals surface area contributed by atoms with Crippen LogP contribution >= 0.6 is 0 Å². The van der Waals surface area contributed by atoms with Crippen molar-refractivity contribution in [2.75, 3.05) is 19.0 Å². The molecule has 3 aromatic heterocycles. The number of carbonyl (C=O) groups excluding carboxylic acids is 2. The Hall–Kier alpha value is -5.10. The van der Waals surface area contributed by atoms with E-state index in [4.69, 9.17) is 10.5 Å². The minimum Gasteiger partial charge on any atom is -0.383 e. The van der Waals surface area contributed by atoms with Crippen molar-refractivity contribution >= 4 is 28.4 Å². The Labute approximate surface area is 227 Å². The van der Waals surface area contributed by atoms with E-state index in [-0.39, 0.29) is 22.6 Å². The fourth-order valence-electron chi connectivity index (χ4n) is 4.70. The van der Waals surface area contributed by atoms with Crippen LogP contribution in [0, 0.1) is 12.7 Å². The van der Waals surface area contributed by atoms with Gasteiger partial charge < -0.3 is 20.4 Å². The summed E-state index contributed by atoms with van der Waals surface area (Å²) in [4.78, 5) is 41.7. The number of carbonyl (C=O) groups is 2. The predicted molar refractivity (Wildman–Crippen MR) is 147 cm³/mol. The van der Waals surface area contributed by atoms with E-state index < -0.39 is 17.6 Å². The maximum atomic E-state index is 14.8. The molecule has 3 N–H and O–H groups in total. The number of benzene rings is 2. The lowest BCUT2D eigenvalue weighted by molar-refractivity contribution is 0.0991. The SMILES string of the molecule is COCCn1c(-c2ccc(-n3c(C)nn(C)c3=O)cc2)cc2ccnc(C(=O)Nc3cccc(C(N)=O)c3F)c21. The number of hydrogen-bond acceptors (Lipinski definition) is 6. The van der Waals surface area contributed by atoms with E-state index in [9.17, 15) is 18.8 Å². The highest BCUT2D eigenvalue weighted by atomic mass is 19.1. The lowest BCUT2D eigenvalue weighted by Gasteiger charge is -2.14. The molecule has 0 fully saturated rings. The van der Waals surface area contributed by atoms with E-state index in [2.05, 4.69) is 15.4 Å². The minimum absolute atomic E-state index is 0.0675. The van der Waals surface area contributed by atoms with Gasteiger partial charge >= 0.3 is 5.69 Å². The van der Waals surface area contributed by atoms with Gasteiger partial charge in [0.1, 0.15) is 5.82 Å². The maximum Gasteiger partial charge on any atom is 0.350 e. The molecule has 0 saturated heterocycles. The number of anilines is 1. The van der Waals surface area contributed by atoms with Gasteiger partial charge in [0.25, 0.3) is 11.8 Å². The van der Waals surface area contributed by atoms with Crippen LogP contribution < -0.4 is 16.7 Å². The van der Waals surface area contributed by atoms with Crippen LogP contribution in [0.15, 0.2) is 65.6 Å². The molecule has 0 aliphatic carbocycles. The zero-order valence-corrected chi connectivity index (χ0v) is 22.0. The third-order valence-electron chi connectivity index (χ3n) is 6.56. The van der Waals surface area contributed by atoms with Gasteiger partial charge in [0, 0.05) is 38.0 Å². The number of pyridine rings is 1. The Kier molecular flexibility index (Phi) is 7.01. The Morgan fingerprint density at radius 1 is 1.12 bits per heavy atom. The second-order valence-electron chi connectivity index (χ2n) is 9.09. The number of aromatic nitrogens is 5. The van der Waals surface area contributed by atoms with Gasteiger partial charge in [-0.1, -0.05) is 18.2 Å². The summed E-state index contributed by atoms with van der Waals surface area (Å²) in [6.45, 7) is 2.51. The smallest absolute Gasteiger partial charge is 0.350 e. The fraction of sp³-hybridized carbons (Fsp3) is 0.179. The van der Waals surface area contributed by atoms with Gasteiger partial charge in [-0.2, -0.15) is 5.10 Å². The Balaban J connectivity index is 1.58. The van der Waals surface area contributed by atoms with Gasteiger partial charge in [0.2, 0.25) is 0 Å². The van der Waals surface area contributed by atoms with Crippen molar-refractivity contribution in [2.45, 2.75) is 13.5 Å². The van der Waals surface area contributed by atoms with Crippen LogP contribution in [0.1, 0.15) is 26.7 Å². The summed E-state index contributed by atoms with van der Waals surface area (Å²) in [5.41, 5.74) is 7.36. The van der Waals surface area contributed by atoms with Crippen LogP contribution in [0.2, 0.25) is 0 Å². The summed E-state index contributed by atoms with van der Waals surface area (Å²) in [7, 11) is 3.17. The molecule has 11 nitrogen and oxygen atoms in total. The monoisotopic (exact) mass is 543 g/mol. The number of primary amides is 1. The molecule has 5 rings (SSSR count). The largest absolute Gasteiger partial charge is 0.383 e. The lowest BCUT2D eigenvalue weighted by atomic mass is 10.1. The van der Waals surface area contributed by atoms with E-state index in [1.165, 1.54) is 33.6 Å². The van der Waals surface area contributed by atoms with Crippen LogP contribution in [-0.4, -0.2) is 49.4 Å². The highest BCUT2D eigenvalue weighted by Gasteiger charge is 2.21. The molecule has 0 aliphatic heterocycles. The Bertz CT molecular complexity index is 1820. The number of halogens is 1. The topological polar surface area (TPSA) is 139 Å². The van der Waals surface area contributed by atoms with Crippen molar-refractivity contribution in [3.05, 3.63) is 94.2 Å². The van der Waals surface area contributed by atoms with Gasteiger partial charge in [-0.15, -0.1) is 0 Å². The molecule has 204 valence electrons. The number of ether oxygens (including phenoxy) is 1. The van der Waals surface area contributed by atoms with Crippen LogP contribution in [-0.2, 0) is 18.3 Å². The molecule has 0 aliphatic rings. The standard InChI is InChI=1S/C28H26FN7O4/c1-16-33-34(2)28(39)36(16)19-9-7-17(8-10-19)22-15-18-11-12-31-24(25(18)35(22)13-14-40-3)27(38)32-21-6-4-5-20(23(21)29)26(30)37/h4-12,15H,13-14H2,1-3H3,(H2,30,37)(H,32,38). The molecule has 2 amide bonds. The molecule has 0 atom stereocenters. The summed E-state index contributed by atoms with van der Waals surface area (Å²) in [6.07, 6.45) is 1.50. The van der Waals surface area contributed by atoms with Gasteiger partial charge in [-0.05, 0) is 48.9 Å². The summed E-state index contributed by atoms with van der Waals surface area (Å²) < 4.78 is 24.8. The zero-order chi connectivity index (χ0) is 28.6. The van der Waals surface area contributed by atoms with Crippen LogP contribution in [0.3, 0.4) is 0 Å². The van der Waals surface area contributed by atoms with Crippen LogP contribution in [0.5, 0.6) is 0 Å². The zero-order valence-electron chi connectivity index (χ0n) is 22.0. The van der Waals surface area contributed by atoms with Crippen molar-refractivity contribution < 1.29 is 18.7 Å². The third-order valence-corrected chi connectivity index (χ3v) is 6.56. The van der Waals surface area contributed by atoms with Crippen molar-refractivity contribution in [3.63, 3.8) is 0 Å². The third kappa shape index (κ3) is 4.64. The quantitative estimate of drug-likeness (QED) is 0.308. The number of rotatable bonds is 8. The summed E-state index contributed by atoms with van der Waals surface area (Å²) >= 11 is 0. The van der Waals surface area contributed by atoms with Gasteiger partial charge in [0.05, 0.1) is 29.1 Å². The van der Waals surface area contributed by atoms with E-state index in [0.717, 1.165) is 16.6 Å². The molecule has 3 heterocycles. The molecule has 0 unspecified atom stereocenters. The van der Waals surface area contributed by atoms with Gasteiger partial charge in [-0.3, -0.25) is 9.59 Å². The first kappa shape index (κ1) is 26.5. The molecular formula is C28H26FN7O4. The van der Waals surface area contributed by atoms with E-state index in [1.807, 2.05) is 34.9 Å². The lowest BCUT2D eigenvalue weighted by Crippen LogP contribution is -2.21. The van der Waals surface area contributed by atoms with Crippen molar-refractivity contribution in [1.82, 2.24) is 23.9 Å². The summed E-state index contributed by atoms with van der Waals surface area (Å²) in [6, 6.07) is 15.1.